The van der Waals surface area contributed by atoms with Crippen LogP contribution in [0.3, 0.4) is 0 Å². The molecule has 0 bridgehead atoms. The van der Waals surface area contributed by atoms with Crippen LogP contribution in [0.15, 0.2) is 0 Å². The van der Waals surface area contributed by atoms with Crippen molar-refractivity contribution in [2.45, 2.75) is 85.3 Å². The lowest BCUT2D eigenvalue weighted by Crippen LogP contribution is -2.48. The summed E-state index contributed by atoms with van der Waals surface area (Å²) >= 11 is 0. The molecule has 1 N–H and O–H groups in total. The molecule has 140 valence electrons. The van der Waals surface area contributed by atoms with Gasteiger partial charge in [0.1, 0.15) is 5.60 Å². The van der Waals surface area contributed by atoms with Crippen LogP contribution in [0.25, 0.3) is 0 Å². The largest absolute Gasteiger partial charge is 0.444 e. The lowest BCUT2D eigenvalue weighted by atomic mass is 9.70. The van der Waals surface area contributed by atoms with Gasteiger partial charge >= 0.3 is 6.09 Å². The highest BCUT2D eigenvalue weighted by atomic mass is 16.6. The molecule has 24 heavy (non-hydrogen) atoms. The summed E-state index contributed by atoms with van der Waals surface area (Å²) in [4.78, 5) is 14.2. The molecular weight excluding hydrogens is 300 g/mol. The van der Waals surface area contributed by atoms with E-state index in [-0.39, 0.29) is 6.09 Å². The van der Waals surface area contributed by atoms with Gasteiger partial charge in [-0.15, -0.1) is 0 Å². The Morgan fingerprint density at radius 2 is 2.00 bits per heavy atom. The zero-order valence-corrected chi connectivity index (χ0v) is 16.7. The van der Waals surface area contributed by atoms with Crippen LogP contribution < -0.4 is 5.32 Å². The molecule has 1 amide bonds. The molecule has 4 nitrogen and oxygen atoms in total. The molecule has 1 aliphatic carbocycles. The highest BCUT2D eigenvalue weighted by Gasteiger charge is 2.33. The minimum Gasteiger partial charge on any atom is -0.444 e. The first-order chi connectivity index (χ1) is 11.1. The summed E-state index contributed by atoms with van der Waals surface area (Å²) in [6.45, 7) is 15.6. The van der Waals surface area contributed by atoms with Gasteiger partial charge < -0.3 is 15.0 Å². The fourth-order valence-corrected chi connectivity index (χ4v) is 4.29. The first-order valence-electron chi connectivity index (χ1n) is 9.77. The number of nitrogens with zero attached hydrogens (tertiary/aromatic N) is 1. The number of hydrogen-bond donors (Lipinski definition) is 1. The van der Waals surface area contributed by atoms with Crippen molar-refractivity contribution >= 4 is 6.09 Å². The first kappa shape index (κ1) is 19.6. The average molecular weight is 339 g/mol. The molecule has 3 atom stereocenters. The van der Waals surface area contributed by atoms with E-state index < -0.39 is 5.60 Å². The Labute approximate surface area is 148 Å². The predicted octanol–water partition coefficient (Wildman–Crippen LogP) is 4.44. The van der Waals surface area contributed by atoms with Gasteiger partial charge in [0.15, 0.2) is 0 Å². The minimum atomic E-state index is -0.410. The molecule has 0 aromatic heterocycles. The first-order valence-corrected chi connectivity index (χ1v) is 9.77. The summed E-state index contributed by atoms with van der Waals surface area (Å²) in [5, 5.41) is 3.81. The summed E-state index contributed by atoms with van der Waals surface area (Å²) in [7, 11) is 0. The van der Waals surface area contributed by atoms with Crippen LogP contribution in [-0.2, 0) is 4.74 Å². The molecule has 3 unspecified atom stereocenters. The normalized spacial score (nSPS) is 30.9. The molecule has 0 aromatic carbocycles. The minimum absolute atomic E-state index is 0.153. The molecular formula is C20H38N2O2. The Kier molecular flexibility index (Phi) is 6.22. The third-order valence-electron chi connectivity index (χ3n) is 5.53. The highest BCUT2D eigenvalue weighted by molar-refractivity contribution is 5.68. The summed E-state index contributed by atoms with van der Waals surface area (Å²) < 4.78 is 5.53. The third-order valence-corrected chi connectivity index (χ3v) is 5.53. The molecule has 0 aromatic rings. The van der Waals surface area contributed by atoms with Gasteiger partial charge in [0.05, 0.1) is 0 Å². The van der Waals surface area contributed by atoms with Gasteiger partial charge in [0.25, 0.3) is 0 Å². The van der Waals surface area contributed by atoms with E-state index in [1.807, 2.05) is 25.7 Å². The summed E-state index contributed by atoms with van der Waals surface area (Å²) in [5.74, 6) is 1.28. The van der Waals surface area contributed by atoms with Gasteiger partial charge in [-0.2, -0.15) is 0 Å². The third kappa shape index (κ3) is 5.94. The molecule has 2 rings (SSSR count). The van der Waals surface area contributed by atoms with Gasteiger partial charge in [-0.1, -0.05) is 20.8 Å². The van der Waals surface area contributed by atoms with E-state index in [1.165, 1.54) is 25.7 Å². The Morgan fingerprint density at radius 3 is 2.62 bits per heavy atom. The van der Waals surface area contributed by atoms with Crippen molar-refractivity contribution in [2.24, 2.45) is 17.3 Å². The zero-order chi connectivity index (χ0) is 18.0. The number of rotatable bonds is 3. The molecule has 1 saturated carbocycles. The number of amides is 1. The lowest BCUT2D eigenvalue weighted by molar-refractivity contribution is 0.0162. The van der Waals surface area contributed by atoms with E-state index in [9.17, 15) is 4.79 Å². The van der Waals surface area contributed by atoms with Gasteiger partial charge in [-0.05, 0) is 76.7 Å². The van der Waals surface area contributed by atoms with E-state index in [0.29, 0.717) is 17.4 Å². The summed E-state index contributed by atoms with van der Waals surface area (Å²) in [6.07, 6.45) is 6.03. The SMILES string of the molecule is CC1CC(C)(C)CCC1NCC1CCCN(C(=O)OC(C)(C)C)C1. The fourth-order valence-electron chi connectivity index (χ4n) is 4.29. The quantitative estimate of drug-likeness (QED) is 0.827. The van der Waals surface area contributed by atoms with E-state index in [2.05, 4.69) is 26.1 Å². The van der Waals surface area contributed by atoms with Gasteiger partial charge in [-0.25, -0.2) is 4.79 Å². The number of carbonyl (C=O) groups excluding carboxylic acids is 1. The number of likely N-dealkylation sites (tertiary alicyclic amines) is 1. The van der Waals surface area contributed by atoms with Crippen LogP contribution in [0.1, 0.15) is 73.6 Å². The van der Waals surface area contributed by atoms with Crippen LogP contribution in [0.5, 0.6) is 0 Å². The number of ether oxygens (including phenoxy) is 1. The van der Waals surface area contributed by atoms with Crippen molar-refractivity contribution in [3.8, 4) is 0 Å². The summed E-state index contributed by atoms with van der Waals surface area (Å²) in [5.41, 5.74) is 0.0859. The van der Waals surface area contributed by atoms with Crippen molar-refractivity contribution in [2.75, 3.05) is 19.6 Å². The van der Waals surface area contributed by atoms with Crippen LogP contribution in [-0.4, -0.2) is 42.3 Å². The van der Waals surface area contributed by atoms with E-state index >= 15 is 0 Å². The smallest absolute Gasteiger partial charge is 0.410 e. The Bertz CT molecular complexity index is 428. The van der Waals surface area contributed by atoms with Crippen LogP contribution >= 0.6 is 0 Å². The second-order valence-corrected chi connectivity index (χ2v) is 9.83. The molecule has 2 aliphatic rings. The average Bonchev–Trinajstić information content (AvgIpc) is 2.44. The molecule has 4 heteroatoms. The Morgan fingerprint density at radius 1 is 1.29 bits per heavy atom. The van der Waals surface area contributed by atoms with Crippen molar-refractivity contribution in [1.82, 2.24) is 10.2 Å². The van der Waals surface area contributed by atoms with E-state index in [4.69, 9.17) is 4.74 Å². The van der Waals surface area contributed by atoms with Gasteiger partial charge in [0.2, 0.25) is 0 Å². The summed E-state index contributed by atoms with van der Waals surface area (Å²) in [6, 6.07) is 0.634. The second-order valence-electron chi connectivity index (χ2n) is 9.83. The van der Waals surface area contributed by atoms with Crippen LogP contribution in [0, 0.1) is 17.3 Å². The molecule has 1 saturated heterocycles. The van der Waals surface area contributed by atoms with Crippen molar-refractivity contribution in [1.29, 1.82) is 0 Å². The number of nitrogens with one attached hydrogen (secondary N) is 1. The molecule has 1 heterocycles. The molecule has 2 fully saturated rings. The topological polar surface area (TPSA) is 41.6 Å². The maximum absolute atomic E-state index is 12.3. The second kappa shape index (κ2) is 7.63. The number of carbonyl (C=O) groups is 1. The van der Waals surface area contributed by atoms with Crippen molar-refractivity contribution in [3.05, 3.63) is 0 Å². The zero-order valence-electron chi connectivity index (χ0n) is 16.7. The van der Waals surface area contributed by atoms with Crippen LogP contribution in [0.4, 0.5) is 4.79 Å². The van der Waals surface area contributed by atoms with Gasteiger partial charge in [-0.3, -0.25) is 0 Å². The Hall–Kier alpha value is -0.770. The predicted molar refractivity (Wildman–Crippen MR) is 99.1 cm³/mol. The maximum Gasteiger partial charge on any atom is 0.410 e. The van der Waals surface area contributed by atoms with Gasteiger partial charge in [0, 0.05) is 19.1 Å². The fraction of sp³-hybridized carbons (Fsp3) is 0.950. The maximum atomic E-state index is 12.3. The Balaban J connectivity index is 1.78. The van der Waals surface area contributed by atoms with E-state index in [1.54, 1.807) is 0 Å². The molecule has 0 spiro atoms. The lowest BCUT2D eigenvalue weighted by Gasteiger charge is -2.41. The molecule has 1 aliphatic heterocycles. The van der Waals surface area contributed by atoms with E-state index in [0.717, 1.165) is 32.0 Å². The van der Waals surface area contributed by atoms with Crippen molar-refractivity contribution in [3.63, 3.8) is 0 Å². The standard InChI is InChI=1S/C20H38N2O2/c1-15-12-20(5,6)10-9-17(15)21-13-16-8-7-11-22(14-16)18(23)24-19(2,3)4/h15-17,21H,7-14H2,1-6H3. The molecule has 0 radical (unpaired) electrons. The van der Waals surface area contributed by atoms with Crippen LogP contribution in [0.2, 0.25) is 0 Å². The van der Waals surface area contributed by atoms with Crippen molar-refractivity contribution < 1.29 is 9.53 Å². The number of hydrogen-bond acceptors (Lipinski definition) is 3. The highest BCUT2D eigenvalue weighted by Crippen LogP contribution is 2.38. The monoisotopic (exact) mass is 338 g/mol. The number of piperidine rings is 1.